The molecule has 1 rings (SSSR count). The van der Waals surface area contributed by atoms with Crippen LogP contribution in [0.25, 0.3) is 0 Å². The van der Waals surface area contributed by atoms with E-state index in [1.165, 1.54) is 24.3 Å². The molecule has 0 fully saturated rings. The molecule has 0 bridgehead atoms. The van der Waals surface area contributed by atoms with Crippen LogP contribution >= 0.6 is 0 Å². The summed E-state index contributed by atoms with van der Waals surface area (Å²) in [5.74, 6) is -6.80. The van der Waals surface area contributed by atoms with E-state index < -0.39 is 28.3 Å². The van der Waals surface area contributed by atoms with Crippen molar-refractivity contribution in [3.63, 3.8) is 0 Å². The van der Waals surface area contributed by atoms with Crippen LogP contribution in [0, 0.1) is 0 Å². The largest absolute Gasteiger partial charge is 0.383 e. The minimum absolute atomic E-state index is 0.0654. The van der Waals surface area contributed by atoms with Crippen LogP contribution in [0.3, 0.4) is 0 Å². The highest BCUT2D eigenvalue weighted by molar-refractivity contribution is 7.89. The summed E-state index contributed by atoms with van der Waals surface area (Å²) in [6, 6.07) is 5.16. The molecule has 118 valence electrons. The van der Waals surface area contributed by atoms with Crippen molar-refractivity contribution in [2.24, 2.45) is 5.14 Å². The van der Waals surface area contributed by atoms with Gasteiger partial charge in [0, 0.05) is 6.54 Å². The molecule has 0 spiro atoms. The topological polar surface area (TPSA) is 89.3 Å². The van der Waals surface area contributed by atoms with Crippen molar-refractivity contribution in [1.82, 2.24) is 5.32 Å². The Bertz CT molecular complexity index is 602. The van der Waals surface area contributed by atoms with Crippen LogP contribution in [0.4, 0.5) is 17.6 Å². The van der Waals surface area contributed by atoms with Gasteiger partial charge in [-0.05, 0) is 24.1 Å². The Labute approximate surface area is 118 Å². The molecule has 0 aromatic heterocycles. The maximum absolute atomic E-state index is 12.6. The summed E-state index contributed by atoms with van der Waals surface area (Å²) < 4.78 is 71.0. The molecule has 5 nitrogen and oxygen atoms in total. The highest BCUT2D eigenvalue weighted by atomic mass is 32.2. The first-order valence-corrected chi connectivity index (χ1v) is 7.16. The lowest BCUT2D eigenvalue weighted by atomic mass is 10.1. The van der Waals surface area contributed by atoms with Gasteiger partial charge in [-0.25, -0.2) is 22.3 Å². The van der Waals surface area contributed by atoms with Crippen molar-refractivity contribution in [3.05, 3.63) is 29.8 Å². The van der Waals surface area contributed by atoms with Crippen molar-refractivity contribution >= 4 is 15.9 Å². The number of rotatable bonds is 6. The molecule has 0 unspecified atom stereocenters. The zero-order chi connectivity index (χ0) is 16.3. The molecule has 0 saturated heterocycles. The zero-order valence-corrected chi connectivity index (χ0v) is 11.3. The van der Waals surface area contributed by atoms with E-state index in [0.29, 0.717) is 5.56 Å². The second-order valence-corrected chi connectivity index (χ2v) is 5.68. The van der Waals surface area contributed by atoms with Crippen LogP contribution in [-0.2, 0) is 21.2 Å². The fraction of sp³-hybridized carbons (Fsp3) is 0.364. The minimum atomic E-state index is -4.74. The van der Waals surface area contributed by atoms with Gasteiger partial charge in [0.15, 0.2) is 0 Å². The molecule has 3 N–H and O–H groups in total. The highest BCUT2D eigenvalue weighted by Gasteiger charge is 2.48. The van der Waals surface area contributed by atoms with Crippen LogP contribution in [0.1, 0.15) is 5.56 Å². The van der Waals surface area contributed by atoms with Crippen molar-refractivity contribution in [2.45, 2.75) is 23.7 Å². The van der Waals surface area contributed by atoms with Crippen LogP contribution in [0.5, 0.6) is 0 Å². The van der Waals surface area contributed by atoms with Gasteiger partial charge in [-0.3, -0.25) is 4.79 Å². The Morgan fingerprint density at radius 2 is 1.76 bits per heavy atom. The van der Waals surface area contributed by atoms with Gasteiger partial charge < -0.3 is 5.32 Å². The molecule has 10 heteroatoms. The van der Waals surface area contributed by atoms with E-state index in [0.717, 1.165) is 0 Å². The molecule has 0 aliphatic rings. The SMILES string of the molecule is NS(=O)(=O)c1ccc(CCNC(=O)C(F)(F)C(F)F)cc1. The first kappa shape index (κ1) is 17.4. The Hall–Kier alpha value is -1.68. The monoisotopic (exact) mass is 328 g/mol. The van der Waals surface area contributed by atoms with Gasteiger partial charge in [0.25, 0.3) is 5.91 Å². The van der Waals surface area contributed by atoms with Gasteiger partial charge in [-0.2, -0.15) is 8.78 Å². The summed E-state index contributed by atoms with van der Waals surface area (Å²) in [6.45, 7) is -0.296. The van der Waals surface area contributed by atoms with E-state index in [1.807, 2.05) is 0 Å². The zero-order valence-electron chi connectivity index (χ0n) is 10.5. The van der Waals surface area contributed by atoms with Crippen LogP contribution < -0.4 is 10.5 Å². The third-order valence-electron chi connectivity index (χ3n) is 2.53. The summed E-state index contributed by atoms with van der Waals surface area (Å²) in [4.78, 5) is 10.7. The predicted molar refractivity (Wildman–Crippen MR) is 65.5 cm³/mol. The van der Waals surface area contributed by atoms with E-state index in [-0.39, 0.29) is 17.9 Å². The van der Waals surface area contributed by atoms with E-state index in [2.05, 4.69) is 0 Å². The molecular formula is C11H12F4N2O3S. The molecule has 0 heterocycles. The normalized spacial score (nSPS) is 12.5. The highest BCUT2D eigenvalue weighted by Crippen LogP contribution is 2.22. The fourth-order valence-electron chi connectivity index (χ4n) is 1.38. The Kier molecular flexibility index (Phi) is 5.29. The summed E-state index contributed by atoms with van der Waals surface area (Å²) in [5, 5.41) is 6.57. The summed E-state index contributed by atoms with van der Waals surface area (Å²) in [6.07, 6.45) is -4.01. The van der Waals surface area contributed by atoms with Gasteiger partial charge in [-0.15, -0.1) is 0 Å². The van der Waals surface area contributed by atoms with Crippen molar-refractivity contribution in [1.29, 1.82) is 0 Å². The number of carbonyl (C=O) groups is 1. The molecule has 1 amide bonds. The molecule has 0 saturated carbocycles. The Morgan fingerprint density at radius 1 is 1.24 bits per heavy atom. The van der Waals surface area contributed by atoms with Gasteiger partial charge >= 0.3 is 12.3 Å². The number of nitrogens with two attached hydrogens (primary N) is 1. The number of hydrogen-bond acceptors (Lipinski definition) is 3. The first-order valence-electron chi connectivity index (χ1n) is 5.61. The van der Waals surface area contributed by atoms with Crippen molar-refractivity contribution in [3.8, 4) is 0 Å². The van der Waals surface area contributed by atoms with Gasteiger partial charge in [0.05, 0.1) is 4.90 Å². The van der Waals surface area contributed by atoms with Crippen LogP contribution in [-0.4, -0.2) is 33.2 Å². The van der Waals surface area contributed by atoms with Gasteiger partial charge in [0.1, 0.15) is 0 Å². The van der Waals surface area contributed by atoms with Crippen molar-refractivity contribution in [2.75, 3.05) is 6.54 Å². The van der Waals surface area contributed by atoms with Gasteiger partial charge in [-0.1, -0.05) is 12.1 Å². The molecule has 1 aromatic carbocycles. The summed E-state index contributed by atoms with van der Waals surface area (Å²) in [7, 11) is -3.83. The smallest absolute Gasteiger partial charge is 0.350 e. The average Bonchev–Trinajstić information content (AvgIpc) is 2.37. The molecule has 21 heavy (non-hydrogen) atoms. The van der Waals surface area contributed by atoms with E-state index in [4.69, 9.17) is 5.14 Å². The Morgan fingerprint density at radius 3 is 2.19 bits per heavy atom. The summed E-state index contributed by atoms with van der Waals surface area (Å²) >= 11 is 0. The maximum atomic E-state index is 12.6. The second kappa shape index (κ2) is 6.39. The molecule has 0 aliphatic heterocycles. The number of halogens is 4. The summed E-state index contributed by atoms with van der Waals surface area (Å²) in [5.41, 5.74) is 0.517. The number of alkyl halides is 4. The maximum Gasteiger partial charge on any atom is 0.383 e. The molecular weight excluding hydrogens is 316 g/mol. The van der Waals surface area contributed by atoms with Crippen LogP contribution in [0.2, 0.25) is 0 Å². The van der Waals surface area contributed by atoms with E-state index in [9.17, 15) is 30.8 Å². The lowest BCUT2D eigenvalue weighted by molar-refractivity contribution is -0.169. The van der Waals surface area contributed by atoms with E-state index >= 15 is 0 Å². The number of carbonyl (C=O) groups excluding carboxylic acids is 1. The minimum Gasteiger partial charge on any atom is -0.350 e. The predicted octanol–water partition coefficient (Wildman–Crippen LogP) is 0.893. The standard InChI is InChI=1S/C11H12F4N2O3S/c12-9(13)11(14,15)10(18)17-6-5-7-1-3-8(4-2-7)21(16,19)20/h1-4,9H,5-6H2,(H,17,18)(H2,16,19,20). The number of sulfonamides is 1. The van der Waals surface area contributed by atoms with Crippen LogP contribution in [0.15, 0.2) is 29.2 Å². The third kappa shape index (κ3) is 4.67. The average molecular weight is 328 g/mol. The van der Waals surface area contributed by atoms with E-state index in [1.54, 1.807) is 5.32 Å². The number of hydrogen-bond donors (Lipinski definition) is 2. The quantitative estimate of drug-likeness (QED) is 0.760. The fourth-order valence-corrected chi connectivity index (χ4v) is 1.90. The number of nitrogens with one attached hydrogen (secondary N) is 1. The van der Waals surface area contributed by atoms with Crippen molar-refractivity contribution < 1.29 is 30.8 Å². The number of primary sulfonamides is 1. The first-order chi connectivity index (χ1) is 9.55. The molecule has 0 aliphatic carbocycles. The van der Waals surface area contributed by atoms with Gasteiger partial charge in [0.2, 0.25) is 10.0 Å². The molecule has 0 radical (unpaired) electrons. The number of benzene rings is 1. The third-order valence-corrected chi connectivity index (χ3v) is 3.46. The number of amides is 1. The lowest BCUT2D eigenvalue weighted by Crippen LogP contribution is -2.45. The molecule has 1 aromatic rings. The Balaban J connectivity index is 2.56. The second-order valence-electron chi connectivity index (χ2n) is 4.12. The molecule has 0 atom stereocenters. The lowest BCUT2D eigenvalue weighted by Gasteiger charge is -2.14.